The van der Waals surface area contributed by atoms with Gasteiger partial charge in [0, 0.05) is 12.4 Å². The Morgan fingerprint density at radius 3 is 2.71 bits per heavy atom. The molecular weight excluding hydrogens is 205 g/mol. The Balaban J connectivity index is 2.34. The molecule has 1 aromatic heterocycles. The molecule has 1 aromatic rings. The van der Waals surface area contributed by atoms with Crippen molar-refractivity contribution in [2.75, 3.05) is 17.7 Å². The predicted molar refractivity (Wildman–Crippen MR) is 55.0 cm³/mol. The molecular formula is C9H13ClFN3. The van der Waals surface area contributed by atoms with Gasteiger partial charge in [-0.3, -0.25) is 0 Å². The lowest BCUT2D eigenvalue weighted by Gasteiger charge is -2.10. The average Bonchev–Trinajstić information content (AvgIpc) is 2.17. The first-order valence-corrected chi connectivity index (χ1v) is 5.03. The van der Waals surface area contributed by atoms with Crippen molar-refractivity contribution in [3.8, 4) is 0 Å². The molecule has 0 aliphatic heterocycles. The summed E-state index contributed by atoms with van der Waals surface area (Å²) >= 11 is 5.59. The van der Waals surface area contributed by atoms with Gasteiger partial charge in [0.1, 0.15) is 0 Å². The Morgan fingerprint density at radius 1 is 1.50 bits per heavy atom. The third kappa shape index (κ3) is 3.87. The number of rotatable bonds is 5. The molecule has 0 saturated carbocycles. The number of aromatic nitrogens is 2. The summed E-state index contributed by atoms with van der Waals surface area (Å²) < 4.78 is 12.4. The van der Waals surface area contributed by atoms with E-state index in [2.05, 4.69) is 22.2 Å². The topological polar surface area (TPSA) is 37.8 Å². The van der Waals surface area contributed by atoms with Crippen LogP contribution < -0.4 is 5.32 Å². The second-order valence-electron chi connectivity index (χ2n) is 3.19. The molecule has 78 valence electrons. The van der Waals surface area contributed by atoms with Crippen molar-refractivity contribution in [2.24, 2.45) is 5.92 Å². The van der Waals surface area contributed by atoms with E-state index in [-0.39, 0.29) is 0 Å². The zero-order valence-electron chi connectivity index (χ0n) is 8.00. The van der Waals surface area contributed by atoms with Gasteiger partial charge in [0.2, 0.25) is 5.95 Å². The molecule has 1 unspecified atom stereocenters. The van der Waals surface area contributed by atoms with E-state index in [9.17, 15) is 4.39 Å². The number of halogens is 2. The molecule has 1 N–H and O–H groups in total. The van der Waals surface area contributed by atoms with E-state index in [0.29, 0.717) is 17.7 Å². The maximum atomic E-state index is 12.4. The standard InChI is InChI=1S/C9H13ClFN3/c1-7(2-3-10)4-12-9-13-5-8(11)6-14-9/h5-7H,2-4H2,1H3,(H,12,13,14). The van der Waals surface area contributed by atoms with Crippen LogP contribution in [0.2, 0.25) is 0 Å². The molecule has 5 heteroatoms. The highest BCUT2D eigenvalue weighted by atomic mass is 35.5. The number of anilines is 1. The van der Waals surface area contributed by atoms with Crippen molar-refractivity contribution in [1.29, 1.82) is 0 Å². The molecule has 0 aromatic carbocycles. The van der Waals surface area contributed by atoms with Gasteiger partial charge in [0.25, 0.3) is 0 Å². The quantitative estimate of drug-likeness (QED) is 0.770. The third-order valence-electron chi connectivity index (χ3n) is 1.83. The van der Waals surface area contributed by atoms with Crippen molar-refractivity contribution in [3.05, 3.63) is 18.2 Å². The Morgan fingerprint density at radius 2 is 2.14 bits per heavy atom. The summed E-state index contributed by atoms with van der Waals surface area (Å²) in [4.78, 5) is 7.56. The molecule has 0 spiro atoms. The van der Waals surface area contributed by atoms with Crippen LogP contribution in [0.25, 0.3) is 0 Å². The Bertz CT molecular complexity index is 265. The average molecular weight is 218 g/mol. The van der Waals surface area contributed by atoms with Crippen LogP contribution in [-0.4, -0.2) is 22.4 Å². The maximum absolute atomic E-state index is 12.4. The Labute approximate surface area is 87.7 Å². The smallest absolute Gasteiger partial charge is 0.222 e. The van der Waals surface area contributed by atoms with E-state index in [1.165, 1.54) is 0 Å². The normalized spacial score (nSPS) is 12.5. The second-order valence-corrected chi connectivity index (χ2v) is 3.57. The van der Waals surface area contributed by atoms with Gasteiger partial charge in [-0.25, -0.2) is 14.4 Å². The van der Waals surface area contributed by atoms with E-state index < -0.39 is 5.82 Å². The SMILES string of the molecule is CC(CCCl)CNc1ncc(F)cn1. The van der Waals surface area contributed by atoms with Gasteiger partial charge in [0.05, 0.1) is 12.4 Å². The summed E-state index contributed by atoms with van der Waals surface area (Å²) in [6.07, 6.45) is 3.22. The van der Waals surface area contributed by atoms with Gasteiger partial charge in [-0.15, -0.1) is 11.6 Å². The van der Waals surface area contributed by atoms with Gasteiger partial charge < -0.3 is 5.32 Å². The molecule has 0 aliphatic rings. The summed E-state index contributed by atoms with van der Waals surface area (Å²) in [5, 5.41) is 3.01. The van der Waals surface area contributed by atoms with Crippen LogP contribution in [0.3, 0.4) is 0 Å². The van der Waals surface area contributed by atoms with E-state index >= 15 is 0 Å². The van der Waals surface area contributed by atoms with Crippen molar-refractivity contribution < 1.29 is 4.39 Å². The number of nitrogens with one attached hydrogen (secondary N) is 1. The summed E-state index contributed by atoms with van der Waals surface area (Å²) in [5.74, 6) is 1.13. The van der Waals surface area contributed by atoms with Crippen molar-refractivity contribution >= 4 is 17.5 Å². The lowest BCUT2D eigenvalue weighted by Crippen LogP contribution is -2.13. The van der Waals surface area contributed by atoms with Gasteiger partial charge in [0.15, 0.2) is 5.82 Å². The molecule has 0 fully saturated rings. The number of alkyl halides is 1. The second kappa shape index (κ2) is 5.75. The van der Waals surface area contributed by atoms with Gasteiger partial charge in [-0.2, -0.15) is 0 Å². The maximum Gasteiger partial charge on any atom is 0.222 e. The summed E-state index contributed by atoms with van der Waals surface area (Å²) in [6.45, 7) is 2.83. The van der Waals surface area contributed by atoms with E-state index in [1.807, 2.05) is 0 Å². The highest BCUT2D eigenvalue weighted by Gasteiger charge is 2.02. The van der Waals surface area contributed by atoms with Gasteiger partial charge in [-0.05, 0) is 12.3 Å². The highest BCUT2D eigenvalue weighted by Crippen LogP contribution is 2.05. The monoisotopic (exact) mass is 217 g/mol. The van der Waals surface area contributed by atoms with Gasteiger partial charge >= 0.3 is 0 Å². The summed E-state index contributed by atoms with van der Waals surface area (Å²) in [6, 6.07) is 0. The van der Waals surface area contributed by atoms with Crippen LogP contribution in [0, 0.1) is 11.7 Å². The third-order valence-corrected chi connectivity index (χ3v) is 2.05. The zero-order chi connectivity index (χ0) is 10.4. The molecule has 1 rings (SSSR count). The summed E-state index contributed by atoms with van der Waals surface area (Å²) in [5.41, 5.74) is 0. The fourth-order valence-electron chi connectivity index (χ4n) is 0.957. The fraction of sp³-hybridized carbons (Fsp3) is 0.556. The molecule has 1 heterocycles. The van der Waals surface area contributed by atoms with Gasteiger partial charge in [-0.1, -0.05) is 6.92 Å². The zero-order valence-corrected chi connectivity index (χ0v) is 8.76. The molecule has 1 atom stereocenters. The Hall–Kier alpha value is -0.900. The molecule has 0 saturated heterocycles. The minimum absolute atomic E-state index is 0.427. The first kappa shape index (κ1) is 11.2. The van der Waals surface area contributed by atoms with E-state index in [4.69, 9.17) is 11.6 Å². The van der Waals surface area contributed by atoms with E-state index in [1.54, 1.807) is 0 Å². The minimum Gasteiger partial charge on any atom is -0.354 e. The molecule has 0 aliphatic carbocycles. The number of hydrogen-bond donors (Lipinski definition) is 1. The fourth-order valence-corrected chi connectivity index (χ4v) is 1.33. The number of nitrogens with zero attached hydrogens (tertiary/aromatic N) is 2. The van der Waals surface area contributed by atoms with Crippen molar-refractivity contribution in [3.63, 3.8) is 0 Å². The lowest BCUT2D eigenvalue weighted by molar-refractivity contribution is 0.591. The molecule has 0 radical (unpaired) electrons. The van der Waals surface area contributed by atoms with Crippen LogP contribution in [0.4, 0.5) is 10.3 Å². The van der Waals surface area contributed by atoms with E-state index in [0.717, 1.165) is 25.4 Å². The van der Waals surface area contributed by atoms with Crippen LogP contribution in [0.5, 0.6) is 0 Å². The largest absolute Gasteiger partial charge is 0.354 e. The first-order chi connectivity index (χ1) is 6.72. The molecule has 3 nitrogen and oxygen atoms in total. The highest BCUT2D eigenvalue weighted by molar-refractivity contribution is 6.17. The predicted octanol–water partition coefficient (Wildman–Crippen LogP) is 2.29. The minimum atomic E-state index is -0.427. The Kier molecular flexibility index (Phi) is 4.59. The molecule has 0 bridgehead atoms. The van der Waals surface area contributed by atoms with Crippen LogP contribution >= 0.6 is 11.6 Å². The van der Waals surface area contributed by atoms with Crippen LogP contribution in [-0.2, 0) is 0 Å². The molecule has 0 amide bonds. The van der Waals surface area contributed by atoms with Crippen LogP contribution in [0.15, 0.2) is 12.4 Å². The van der Waals surface area contributed by atoms with Crippen LogP contribution in [0.1, 0.15) is 13.3 Å². The number of hydrogen-bond acceptors (Lipinski definition) is 3. The first-order valence-electron chi connectivity index (χ1n) is 4.49. The molecule has 14 heavy (non-hydrogen) atoms. The van der Waals surface area contributed by atoms with Crippen molar-refractivity contribution in [1.82, 2.24) is 9.97 Å². The lowest BCUT2D eigenvalue weighted by atomic mass is 10.1. The summed E-state index contributed by atoms with van der Waals surface area (Å²) in [7, 11) is 0. The van der Waals surface area contributed by atoms with Crippen molar-refractivity contribution in [2.45, 2.75) is 13.3 Å².